The van der Waals surface area contributed by atoms with Crippen molar-refractivity contribution in [3.8, 4) is 0 Å². The molecule has 1 amide bonds. The lowest BCUT2D eigenvalue weighted by Gasteiger charge is -2.08. The molecule has 0 atom stereocenters. The van der Waals surface area contributed by atoms with Crippen LogP contribution in [0.25, 0.3) is 0 Å². The fourth-order valence-corrected chi connectivity index (χ4v) is 1.63. The molecule has 1 aromatic heterocycles. The number of nitrogens with zero attached hydrogens (tertiary/aromatic N) is 1. The Morgan fingerprint density at radius 1 is 1.77 bits per heavy atom. The van der Waals surface area contributed by atoms with Gasteiger partial charge in [0.2, 0.25) is 0 Å². The molecule has 1 fully saturated rings. The van der Waals surface area contributed by atoms with Crippen LogP contribution in [0.15, 0.2) is 10.9 Å². The van der Waals surface area contributed by atoms with E-state index in [1.54, 1.807) is 10.9 Å². The van der Waals surface area contributed by atoms with Crippen LogP contribution in [0.4, 0.5) is 0 Å². The highest BCUT2D eigenvalue weighted by Gasteiger charge is 2.37. The minimum Gasteiger partial charge on any atom is -0.350 e. The van der Waals surface area contributed by atoms with Crippen molar-refractivity contribution in [1.82, 2.24) is 10.3 Å². The topological polar surface area (TPSA) is 42.0 Å². The third-order valence-corrected chi connectivity index (χ3v) is 3.03. The van der Waals surface area contributed by atoms with Crippen molar-refractivity contribution in [1.29, 1.82) is 0 Å². The van der Waals surface area contributed by atoms with Crippen molar-refractivity contribution in [3.63, 3.8) is 0 Å². The third kappa shape index (κ3) is 2.06. The largest absolute Gasteiger partial charge is 0.350 e. The SMILES string of the molecule is CC1(CNC(=O)c2cscn2)CC1. The number of rotatable bonds is 3. The molecular weight excluding hydrogens is 184 g/mol. The maximum absolute atomic E-state index is 11.4. The molecule has 1 N–H and O–H groups in total. The normalized spacial score (nSPS) is 18.2. The highest BCUT2D eigenvalue weighted by atomic mass is 32.1. The van der Waals surface area contributed by atoms with Gasteiger partial charge in [-0.25, -0.2) is 4.98 Å². The molecule has 70 valence electrons. The molecule has 0 radical (unpaired) electrons. The molecule has 13 heavy (non-hydrogen) atoms. The van der Waals surface area contributed by atoms with Crippen LogP contribution in [-0.4, -0.2) is 17.4 Å². The van der Waals surface area contributed by atoms with Gasteiger partial charge in [0.05, 0.1) is 5.51 Å². The molecule has 1 heterocycles. The van der Waals surface area contributed by atoms with Crippen molar-refractivity contribution < 1.29 is 4.79 Å². The Balaban J connectivity index is 1.85. The Bertz CT molecular complexity index is 303. The highest BCUT2D eigenvalue weighted by Crippen LogP contribution is 2.44. The molecular formula is C9H12N2OS. The standard InChI is InChI=1S/C9H12N2OS/c1-9(2-3-9)5-10-8(12)7-4-13-6-11-7/h4,6H,2-3,5H2,1H3,(H,10,12). The zero-order chi connectivity index (χ0) is 9.31. The van der Waals surface area contributed by atoms with Gasteiger partial charge in [0, 0.05) is 11.9 Å². The Hall–Kier alpha value is -0.900. The molecule has 4 heteroatoms. The van der Waals surface area contributed by atoms with Gasteiger partial charge in [-0.05, 0) is 18.3 Å². The Morgan fingerprint density at radius 3 is 3.08 bits per heavy atom. The molecule has 0 saturated heterocycles. The summed E-state index contributed by atoms with van der Waals surface area (Å²) in [5.41, 5.74) is 2.58. The fourth-order valence-electron chi connectivity index (χ4n) is 1.10. The second-order valence-electron chi connectivity index (χ2n) is 3.87. The summed E-state index contributed by atoms with van der Waals surface area (Å²) in [7, 11) is 0. The molecule has 2 rings (SSSR count). The van der Waals surface area contributed by atoms with Gasteiger partial charge in [-0.2, -0.15) is 0 Å². The number of hydrogen-bond donors (Lipinski definition) is 1. The molecule has 1 aliphatic rings. The zero-order valence-corrected chi connectivity index (χ0v) is 8.36. The van der Waals surface area contributed by atoms with Gasteiger partial charge in [-0.15, -0.1) is 11.3 Å². The number of thiazole rings is 1. The summed E-state index contributed by atoms with van der Waals surface area (Å²) in [4.78, 5) is 15.4. The third-order valence-electron chi connectivity index (χ3n) is 2.44. The summed E-state index contributed by atoms with van der Waals surface area (Å²) in [5.74, 6) is -0.0469. The van der Waals surface area contributed by atoms with E-state index in [9.17, 15) is 4.79 Å². The van der Waals surface area contributed by atoms with Crippen LogP contribution in [0.2, 0.25) is 0 Å². The highest BCUT2D eigenvalue weighted by molar-refractivity contribution is 7.07. The van der Waals surface area contributed by atoms with Crippen molar-refractivity contribution in [2.45, 2.75) is 19.8 Å². The number of aromatic nitrogens is 1. The van der Waals surface area contributed by atoms with E-state index in [0.717, 1.165) is 6.54 Å². The van der Waals surface area contributed by atoms with E-state index in [0.29, 0.717) is 11.1 Å². The van der Waals surface area contributed by atoms with E-state index < -0.39 is 0 Å². The summed E-state index contributed by atoms with van der Waals surface area (Å²) in [6.07, 6.45) is 2.45. The van der Waals surface area contributed by atoms with Gasteiger partial charge in [-0.3, -0.25) is 4.79 Å². The summed E-state index contributed by atoms with van der Waals surface area (Å²) in [6.45, 7) is 2.97. The molecule has 1 saturated carbocycles. The Labute approximate surface area is 81.2 Å². The quantitative estimate of drug-likeness (QED) is 0.799. The van der Waals surface area contributed by atoms with Crippen LogP contribution in [-0.2, 0) is 0 Å². The van der Waals surface area contributed by atoms with Crippen LogP contribution in [0.5, 0.6) is 0 Å². The molecule has 0 unspecified atom stereocenters. The number of carbonyl (C=O) groups excluding carboxylic acids is 1. The first-order valence-corrected chi connectivity index (χ1v) is 5.30. The van der Waals surface area contributed by atoms with E-state index in [2.05, 4.69) is 17.2 Å². The lowest BCUT2D eigenvalue weighted by molar-refractivity contribution is 0.0942. The average Bonchev–Trinajstić information content (AvgIpc) is 2.69. The first-order chi connectivity index (χ1) is 6.20. The second-order valence-corrected chi connectivity index (χ2v) is 4.59. The van der Waals surface area contributed by atoms with Crippen LogP contribution in [0.3, 0.4) is 0 Å². The number of hydrogen-bond acceptors (Lipinski definition) is 3. The predicted molar refractivity (Wildman–Crippen MR) is 51.8 cm³/mol. The molecule has 0 spiro atoms. The van der Waals surface area contributed by atoms with Gasteiger partial charge in [0.25, 0.3) is 5.91 Å². The predicted octanol–water partition coefficient (Wildman–Crippen LogP) is 1.67. The monoisotopic (exact) mass is 196 g/mol. The fraction of sp³-hybridized carbons (Fsp3) is 0.556. The van der Waals surface area contributed by atoms with E-state index >= 15 is 0 Å². The Kier molecular flexibility index (Phi) is 2.07. The molecule has 0 bridgehead atoms. The van der Waals surface area contributed by atoms with Gasteiger partial charge < -0.3 is 5.32 Å². The molecule has 3 nitrogen and oxygen atoms in total. The van der Waals surface area contributed by atoms with Gasteiger partial charge in [0.1, 0.15) is 5.69 Å². The maximum Gasteiger partial charge on any atom is 0.270 e. The lowest BCUT2D eigenvalue weighted by Crippen LogP contribution is -2.29. The molecule has 1 aromatic rings. The first-order valence-electron chi connectivity index (χ1n) is 4.36. The lowest BCUT2D eigenvalue weighted by atomic mass is 10.1. The van der Waals surface area contributed by atoms with Crippen LogP contribution in [0, 0.1) is 5.41 Å². The first kappa shape index (κ1) is 8.69. The number of carbonyl (C=O) groups is 1. The molecule has 0 aromatic carbocycles. The molecule has 0 aliphatic heterocycles. The van der Waals surface area contributed by atoms with Gasteiger partial charge in [0.15, 0.2) is 0 Å². The summed E-state index contributed by atoms with van der Waals surface area (Å²) >= 11 is 1.44. The summed E-state index contributed by atoms with van der Waals surface area (Å²) in [5, 5.41) is 4.66. The Morgan fingerprint density at radius 2 is 2.54 bits per heavy atom. The van der Waals surface area contributed by atoms with Crippen molar-refractivity contribution >= 4 is 17.2 Å². The van der Waals surface area contributed by atoms with Gasteiger partial charge >= 0.3 is 0 Å². The van der Waals surface area contributed by atoms with Crippen LogP contribution in [0.1, 0.15) is 30.3 Å². The average molecular weight is 196 g/mol. The zero-order valence-electron chi connectivity index (χ0n) is 7.54. The smallest absolute Gasteiger partial charge is 0.270 e. The van der Waals surface area contributed by atoms with E-state index in [1.165, 1.54) is 24.2 Å². The van der Waals surface area contributed by atoms with Crippen molar-refractivity contribution in [2.24, 2.45) is 5.41 Å². The summed E-state index contributed by atoms with van der Waals surface area (Å²) in [6, 6.07) is 0. The van der Waals surface area contributed by atoms with E-state index in [-0.39, 0.29) is 5.91 Å². The van der Waals surface area contributed by atoms with Crippen molar-refractivity contribution in [3.05, 3.63) is 16.6 Å². The second kappa shape index (κ2) is 3.10. The van der Waals surface area contributed by atoms with E-state index in [4.69, 9.17) is 0 Å². The molecule has 1 aliphatic carbocycles. The van der Waals surface area contributed by atoms with Gasteiger partial charge in [-0.1, -0.05) is 6.92 Å². The summed E-state index contributed by atoms with van der Waals surface area (Å²) < 4.78 is 0. The van der Waals surface area contributed by atoms with Crippen molar-refractivity contribution in [2.75, 3.05) is 6.54 Å². The minimum absolute atomic E-state index is 0.0469. The maximum atomic E-state index is 11.4. The van der Waals surface area contributed by atoms with E-state index in [1.807, 2.05) is 0 Å². The number of amides is 1. The van der Waals surface area contributed by atoms with Crippen LogP contribution < -0.4 is 5.32 Å². The number of nitrogens with one attached hydrogen (secondary N) is 1. The minimum atomic E-state index is -0.0469. The van der Waals surface area contributed by atoms with Crippen LogP contribution >= 0.6 is 11.3 Å².